The van der Waals surface area contributed by atoms with Gasteiger partial charge in [-0.05, 0) is 29.6 Å². The van der Waals surface area contributed by atoms with Crippen molar-refractivity contribution in [2.75, 3.05) is 13.2 Å². The minimum Gasteiger partial charge on any atom is -0.375 e. The smallest absolute Gasteiger partial charge is 0.375 e. The summed E-state index contributed by atoms with van der Waals surface area (Å²) in [7, 11) is 0. The van der Waals surface area contributed by atoms with Gasteiger partial charge in [0.05, 0.1) is 0 Å². The first kappa shape index (κ1) is 31.6. The minimum atomic E-state index is -7.38. The summed E-state index contributed by atoms with van der Waals surface area (Å²) >= 11 is 7.91. The van der Waals surface area contributed by atoms with Crippen LogP contribution in [0.3, 0.4) is 0 Å². The maximum atomic E-state index is 14.0. The fraction of sp³-hybridized carbons (Fsp3) is 1.00. The first-order valence-corrected chi connectivity index (χ1v) is 9.05. The minimum absolute atomic E-state index is 0.0405. The summed E-state index contributed by atoms with van der Waals surface area (Å²) in [4.78, 5) is 0. The lowest BCUT2D eigenvalue weighted by Gasteiger charge is -2.39. The average Bonchev–Trinajstić information content (AvgIpc) is 2.54. The summed E-state index contributed by atoms with van der Waals surface area (Å²) in [5.74, 6) is -13.2. The zero-order chi connectivity index (χ0) is 25.9. The molecular formula is C14H15Cl2F13O3. The van der Waals surface area contributed by atoms with E-state index in [1.807, 2.05) is 4.74 Å². The van der Waals surface area contributed by atoms with Crippen LogP contribution in [0, 0.1) is 0 Å². The highest BCUT2D eigenvalue weighted by atomic mass is 35.5. The van der Waals surface area contributed by atoms with E-state index in [1.165, 1.54) is 0 Å². The van der Waals surface area contributed by atoms with Crippen LogP contribution in [0.2, 0.25) is 0 Å². The van der Waals surface area contributed by atoms with Crippen LogP contribution in [-0.4, -0.2) is 54.1 Å². The second-order valence-electron chi connectivity index (χ2n) is 6.16. The molecule has 0 aromatic carbocycles. The van der Waals surface area contributed by atoms with Gasteiger partial charge in [0.1, 0.15) is 6.61 Å². The topological polar surface area (TPSA) is 27.7 Å². The molecule has 0 saturated carbocycles. The van der Waals surface area contributed by atoms with E-state index >= 15 is 0 Å². The Morgan fingerprint density at radius 1 is 0.656 bits per heavy atom. The molecule has 0 aliphatic rings. The van der Waals surface area contributed by atoms with Gasteiger partial charge in [-0.3, -0.25) is 9.47 Å². The van der Waals surface area contributed by atoms with Crippen molar-refractivity contribution >= 4 is 23.2 Å². The highest BCUT2D eigenvalue weighted by molar-refractivity contribution is 6.31. The van der Waals surface area contributed by atoms with Gasteiger partial charge in [0.2, 0.25) is 0 Å². The third-order valence-electron chi connectivity index (χ3n) is 3.45. The molecule has 0 fully saturated rings. The van der Waals surface area contributed by atoms with Crippen molar-refractivity contribution < 1.29 is 71.3 Å². The van der Waals surface area contributed by atoms with E-state index in [1.54, 1.807) is 6.92 Å². The Hall–Kier alpha value is -0.450. The molecule has 0 aromatic rings. The van der Waals surface area contributed by atoms with E-state index in [-0.39, 0.29) is 6.42 Å². The average molecular weight is 549 g/mol. The highest BCUT2D eigenvalue weighted by Crippen LogP contribution is 2.55. The predicted molar refractivity (Wildman–Crippen MR) is 82.4 cm³/mol. The quantitative estimate of drug-likeness (QED) is 0.129. The zero-order valence-electron chi connectivity index (χ0n) is 15.6. The second kappa shape index (κ2) is 10.4. The van der Waals surface area contributed by atoms with Gasteiger partial charge >= 0.3 is 40.9 Å². The van der Waals surface area contributed by atoms with Gasteiger partial charge in [-0.25, -0.2) is 0 Å². The van der Waals surface area contributed by atoms with E-state index in [2.05, 4.69) is 32.7 Å². The summed E-state index contributed by atoms with van der Waals surface area (Å²) in [6.45, 7) is -1.29. The van der Waals surface area contributed by atoms with Crippen LogP contribution in [0.25, 0.3) is 0 Å². The molecule has 2 unspecified atom stereocenters. The molecule has 194 valence electrons. The number of unbranched alkanes of at least 4 members (excludes halogenated alkanes) is 3. The Morgan fingerprint density at radius 2 is 1.16 bits per heavy atom. The van der Waals surface area contributed by atoms with Crippen LogP contribution in [0.4, 0.5) is 57.1 Å². The van der Waals surface area contributed by atoms with Crippen LogP contribution in [0.5, 0.6) is 0 Å². The molecule has 2 atom stereocenters. The number of hydrogen-bond acceptors (Lipinski definition) is 3. The summed E-state index contributed by atoms with van der Waals surface area (Å²) in [5, 5.41) is -11.6. The van der Waals surface area contributed by atoms with E-state index in [0.717, 1.165) is 0 Å². The van der Waals surface area contributed by atoms with Crippen molar-refractivity contribution in [1.82, 2.24) is 0 Å². The molecular weight excluding hydrogens is 534 g/mol. The second-order valence-corrected chi connectivity index (χ2v) is 7.12. The Labute approximate surface area is 182 Å². The summed E-state index contributed by atoms with van der Waals surface area (Å²) in [5.41, 5.74) is 0. The fourth-order valence-corrected chi connectivity index (χ4v) is 1.87. The lowest BCUT2D eigenvalue weighted by atomic mass is 10.2. The molecule has 0 spiro atoms. The van der Waals surface area contributed by atoms with Crippen LogP contribution in [0.1, 0.15) is 32.6 Å². The van der Waals surface area contributed by atoms with Crippen LogP contribution in [0.15, 0.2) is 0 Å². The van der Waals surface area contributed by atoms with Crippen molar-refractivity contribution in [2.45, 2.75) is 73.5 Å². The molecule has 0 amide bonds. The molecule has 32 heavy (non-hydrogen) atoms. The first-order valence-electron chi connectivity index (χ1n) is 8.29. The van der Waals surface area contributed by atoms with Gasteiger partial charge in [0, 0.05) is 6.61 Å². The van der Waals surface area contributed by atoms with Gasteiger partial charge < -0.3 is 4.74 Å². The summed E-state index contributed by atoms with van der Waals surface area (Å²) < 4.78 is 180. The monoisotopic (exact) mass is 548 g/mol. The van der Waals surface area contributed by atoms with Gasteiger partial charge in [-0.2, -0.15) is 57.1 Å². The number of rotatable bonds is 14. The molecule has 18 heteroatoms. The van der Waals surface area contributed by atoms with Crippen LogP contribution < -0.4 is 0 Å². The molecule has 0 aliphatic carbocycles. The molecule has 0 radical (unpaired) electrons. The van der Waals surface area contributed by atoms with E-state index in [9.17, 15) is 57.1 Å². The van der Waals surface area contributed by atoms with Gasteiger partial charge in [0.15, 0.2) is 0 Å². The summed E-state index contributed by atoms with van der Waals surface area (Å²) in [6, 6.07) is 0. The lowest BCUT2D eigenvalue weighted by molar-refractivity contribution is -0.532. The van der Waals surface area contributed by atoms with Gasteiger partial charge in [0.25, 0.3) is 0 Å². The SMILES string of the molecule is CCCCCCOCC(F)(F)C(F)(F)OC(F)(C(F)(F)F)C(F)(F)OC(F)(Cl)C(F)(F)Cl. The van der Waals surface area contributed by atoms with E-state index in [0.29, 0.717) is 19.3 Å². The third kappa shape index (κ3) is 7.53. The molecule has 0 aromatic heterocycles. The van der Waals surface area contributed by atoms with Crippen molar-refractivity contribution in [3.05, 3.63) is 0 Å². The van der Waals surface area contributed by atoms with Crippen LogP contribution >= 0.6 is 23.2 Å². The molecule has 0 heterocycles. The summed E-state index contributed by atoms with van der Waals surface area (Å²) in [6.07, 6.45) is -19.6. The number of halogens is 15. The molecule has 0 bridgehead atoms. The van der Waals surface area contributed by atoms with Crippen molar-refractivity contribution in [3.63, 3.8) is 0 Å². The van der Waals surface area contributed by atoms with Gasteiger partial charge in [-0.15, -0.1) is 0 Å². The Balaban J connectivity index is 5.77. The number of hydrogen-bond donors (Lipinski definition) is 0. The maximum absolute atomic E-state index is 14.0. The molecule has 0 saturated heterocycles. The normalized spacial score (nSPS) is 18.4. The first-order chi connectivity index (χ1) is 14.0. The highest BCUT2D eigenvalue weighted by Gasteiger charge is 2.81. The Kier molecular flexibility index (Phi) is 10.3. The van der Waals surface area contributed by atoms with Gasteiger partial charge in [-0.1, -0.05) is 26.2 Å². The lowest BCUT2D eigenvalue weighted by Crippen LogP contribution is -2.65. The molecule has 0 rings (SSSR count). The number of alkyl halides is 15. The maximum Gasteiger partial charge on any atom is 0.458 e. The molecule has 0 N–H and O–H groups in total. The largest absolute Gasteiger partial charge is 0.458 e. The van der Waals surface area contributed by atoms with Crippen molar-refractivity contribution in [1.29, 1.82) is 0 Å². The fourth-order valence-electron chi connectivity index (χ4n) is 1.73. The molecule has 3 nitrogen and oxygen atoms in total. The van der Waals surface area contributed by atoms with Crippen LogP contribution in [-0.2, 0) is 14.2 Å². The zero-order valence-corrected chi connectivity index (χ0v) is 17.1. The van der Waals surface area contributed by atoms with Crippen molar-refractivity contribution in [3.8, 4) is 0 Å². The standard InChI is InChI=1S/C14H15Cl2F13O3/c1-2-3-4-5-6-30-7-8(17,18)13(26,27)31-9(19,12(23,24)25)14(28,29)32-11(16,22)10(15,20)21/h2-7H2,1H3. The van der Waals surface area contributed by atoms with E-state index < -0.39 is 54.1 Å². The number of ether oxygens (including phenoxy) is 3. The Bertz CT molecular complexity index is 595. The predicted octanol–water partition coefficient (Wildman–Crippen LogP) is 7.36. The molecule has 0 aliphatic heterocycles. The third-order valence-corrected chi connectivity index (χ3v) is 4.10. The van der Waals surface area contributed by atoms with E-state index in [4.69, 9.17) is 0 Å². The van der Waals surface area contributed by atoms with Crippen molar-refractivity contribution in [2.24, 2.45) is 0 Å². The Morgan fingerprint density at radius 3 is 1.56 bits per heavy atom.